The van der Waals surface area contributed by atoms with E-state index < -0.39 is 5.60 Å². The normalized spacial score (nSPS) is 19.3. The highest BCUT2D eigenvalue weighted by atomic mass is 32.1. The second-order valence-corrected chi connectivity index (χ2v) is 7.01. The number of anilines is 1. The van der Waals surface area contributed by atoms with Gasteiger partial charge in [0.15, 0.2) is 5.13 Å². The van der Waals surface area contributed by atoms with Crippen molar-refractivity contribution >= 4 is 22.4 Å². The molecule has 128 valence electrons. The maximum atomic E-state index is 11.6. The van der Waals surface area contributed by atoms with E-state index in [9.17, 15) is 9.90 Å². The van der Waals surface area contributed by atoms with Gasteiger partial charge in [0.25, 0.3) is 0 Å². The number of fused-ring (bicyclic) bond motifs is 1. The van der Waals surface area contributed by atoms with Crippen LogP contribution >= 0.6 is 11.3 Å². The monoisotopic (exact) mass is 345 g/mol. The average Bonchev–Trinajstić information content (AvgIpc) is 3.14. The highest BCUT2D eigenvalue weighted by Crippen LogP contribution is 2.36. The van der Waals surface area contributed by atoms with Crippen molar-refractivity contribution in [3.63, 3.8) is 0 Å². The molecule has 1 aromatic carbocycles. The van der Waals surface area contributed by atoms with Crippen molar-refractivity contribution in [2.24, 2.45) is 0 Å². The molecule has 1 aliphatic carbocycles. The summed E-state index contributed by atoms with van der Waals surface area (Å²) in [5, 5.41) is 16.9. The minimum Gasteiger partial charge on any atom is -0.384 e. The van der Waals surface area contributed by atoms with Crippen LogP contribution in [0, 0.1) is 0 Å². The van der Waals surface area contributed by atoms with Gasteiger partial charge in [0.2, 0.25) is 5.91 Å². The van der Waals surface area contributed by atoms with E-state index in [-0.39, 0.29) is 5.91 Å². The fourth-order valence-corrected chi connectivity index (χ4v) is 4.18. The first-order valence-corrected chi connectivity index (χ1v) is 9.15. The molecule has 1 amide bonds. The molecular weight excluding hydrogens is 322 g/mol. The van der Waals surface area contributed by atoms with Crippen molar-refractivity contribution < 1.29 is 9.90 Å². The van der Waals surface area contributed by atoms with Gasteiger partial charge in [0.1, 0.15) is 5.60 Å². The molecule has 1 aliphatic rings. The summed E-state index contributed by atoms with van der Waals surface area (Å²) in [7, 11) is 0. The molecule has 0 fully saturated rings. The lowest BCUT2D eigenvalue weighted by Crippen LogP contribution is -2.36. The van der Waals surface area contributed by atoms with Crippen LogP contribution < -0.4 is 10.2 Å². The Morgan fingerprint density at radius 2 is 2.25 bits per heavy atom. The van der Waals surface area contributed by atoms with Gasteiger partial charge in [-0.3, -0.25) is 9.69 Å². The van der Waals surface area contributed by atoms with E-state index in [1.54, 1.807) is 11.8 Å². The summed E-state index contributed by atoms with van der Waals surface area (Å²) in [6.45, 7) is 5.19. The SMILES string of the molecule is CCN(C(C)=O)c1nc(CNCC2(O)CCc3ccccc32)cs1. The zero-order valence-electron chi connectivity index (χ0n) is 14.1. The van der Waals surface area contributed by atoms with Gasteiger partial charge in [0, 0.05) is 31.9 Å². The van der Waals surface area contributed by atoms with E-state index >= 15 is 0 Å². The fourth-order valence-electron chi connectivity index (χ4n) is 3.24. The lowest BCUT2D eigenvalue weighted by molar-refractivity contribution is -0.116. The van der Waals surface area contributed by atoms with Crippen molar-refractivity contribution in [3.05, 3.63) is 46.5 Å². The Bertz CT molecular complexity index is 731. The second-order valence-electron chi connectivity index (χ2n) is 6.18. The van der Waals surface area contributed by atoms with Crippen molar-refractivity contribution in [2.45, 2.75) is 38.8 Å². The van der Waals surface area contributed by atoms with Gasteiger partial charge in [-0.1, -0.05) is 24.3 Å². The number of amides is 1. The summed E-state index contributed by atoms with van der Waals surface area (Å²) >= 11 is 1.47. The Labute approximate surface area is 146 Å². The molecule has 1 heterocycles. The zero-order chi connectivity index (χ0) is 17.2. The van der Waals surface area contributed by atoms with Crippen molar-refractivity contribution in [2.75, 3.05) is 18.0 Å². The number of thiazole rings is 1. The molecule has 24 heavy (non-hydrogen) atoms. The Balaban J connectivity index is 1.60. The van der Waals surface area contributed by atoms with E-state index in [0.29, 0.717) is 19.6 Å². The van der Waals surface area contributed by atoms with Crippen LogP contribution in [-0.2, 0) is 23.4 Å². The quantitative estimate of drug-likeness (QED) is 0.844. The molecule has 0 aliphatic heterocycles. The molecule has 0 saturated heterocycles. The predicted molar refractivity (Wildman–Crippen MR) is 96.2 cm³/mol. The van der Waals surface area contributed by atoms with Crippen LogP contribution in [0.4, 0.5) is 5.13 Å². The number of hydrogen-bond donors (Lipinski definition) is 2. The maximum Gasteiger partial charge on any atom is 0.225 e. The molecule has 0 spiro atoms. The van der Waals surface area contributed by atoms with E-state index in [1.165, 1.54) is 16.9 Å². The molecule has 0 saturated carbocycles. The number of hydrogen-bond acceptors (Lipinski definition) is 5. The Morgan fingerprint density at radius 3 is 3.00 bits per heavy atom. The maximum absolute atomic E-state index is 11.6. The van der Waals surface area contributed by atoms with Crippen LogP contribution in [0.15, 0.2) is 29.6 Å². The fraction of sp³-hybridized carbons (Fsp3) is 0.444. The van der Waals surface area contributed by atoms with E-state index in [2.05, 4.69) is 16.4 Å². The Hall–Kier alpha value is -1.76. The van der Waals surface area contributed by atoms with Gasteiger partial charge in [-0.05, 0) is 30.9 Å². The molecule has 1 unspecified atom stereocenters. The van der Waals surface area contributed by atoms with E-state index in [0.717, 1.165) is 29.2 Å². The third-order valence-electron chi connectivity index (χ3n) is 4.52. The van der Waals surface area contributed by atoms with Crippen LogP contribution in [0.1, 0.15) is 37.1 Å². The lowest BCUT2D eigenvalue weighted by Gasteiger charge is -2.24. The van der Waals surface area contributed by atoms with Gasteiger partial charge in [-0.2, -0.15) is 0 Å². The number of nitrogens with zero attached hydrogens (tertiary/aromatic N) is 2. The van der Waals surface area contributed by atoms with Crippen molar-refractivity contribution in [3.8, 4) is 0 Å². The molecule has 0 radical (unpaired) electrons. The molecule has 5 nitrogen and oxygen atoms in total. The molecule has 0 bridgehead atoms. The lowest BCUT2D eigenvalue weighted by atomic mass is 9.96. The van der Waals surface area contributed by atoms with Crippen LogP contribution in [0.3, 0.4) is 0 Å². The minimum absolute atomic E-state index is 0.00299. The third-order valence-corrected chi connectivity index (χ3v) is 5.43. The first-order chi connectivity index (χ1) is 11.5. The molecule has 3 rings (SSSR count). The minimum atomic E-state index is -0.801. The summed E-state index contributed by atoms with van der Waals surface area (Å²) in [6, 6.07) is 8.09. The Morgan fingerprint density at radius 1 is 1.46 bits per heavy atom. The number of aromatic nitrogens is 1. The molecule has 2 aromatic rings. The van der Waals surface area contributed by atoms with Gasteiger partial charge >= 0.3 is 0 Å². The number of benzene rings is 1. The molecule has 1 atom stereocenters. The second kappa shape index (κ2) is 7.01. The first-order valence-electron chi connectivity index (χ1n) is 8.27. The van der Waals surface area contributed by atoms with Crippen LogP contribution in [-0.4, -0.2) is 29.1 Å². The largest absolute Gasteiger partial charge is 0.384 e. The molecule has 1 aromatic heterocycles. The highest BCUT2D eigenvalue weighted by Gasteiger charge is 2.35. The molecule has 6 heteroatoms. The summed E-state index contributed by atoms with van der Waals surface area (Å²) in [4.78, 5) is 17.8. The van der Waals surface area contributed by atoms with Crippen molar-refractivity contribution in [1.29, 1.82) is 0 Å². The van der Waals surface area contributed by atoms with Crippen LogP contribution in [0.5, 0.6) is 0 Å². The number of nitrogens with one attached hydrogen (secondary N) is 1. The zero-order valence-corrected chi connectivity index (χ0v) is 14.9. The summed E-state index contributed by atoms with van der Waals surface area (Å²) in [6.07, 6.45) is 1.66. The Kier molecular flexibility index (Phi) is 4.99. The van der Waals surface area contributed by atoms with E-state index in [4.69, 9.17) is 0 Å². The number of aryl methyl sites for hydroxylation is 1. The van der Waals surface area contributed by atoms with Crippen molar-refractivity contribution in [1.82, 2.24) is 10.3 Å². The number of rotatable bonds is 6. The standard InChI is InChI=1S/C18H23N3O2S/c1-3-21(13(2)22)17-20-15(11-24-17)10-19-12-18(23)9-8-14-6-4-5-7-16(14)18/h4-7,11,19,23H,3,8-10,12H2,1-2H3. The molecule has 2 N–H and O–H groups in total. The average molecular weight is 345 g/mol. The van der Waals surface area contributed by atoms with Gasteiger partial charge in [-0.25, -0.2) is 4.98 Å². The predicted octanol–water partition coefficient (Wildman–Crippen LogP) is 2.44. The number of aliphatic hydroxyl groups is 1. The summed E-state index contributed by atoms with van der Waals surface area (Å²) in [5.74, 6) is 0.00299. The van der Waals surface area contributed by atoms with Crippen LogP contribution in [0.2, 0.25) is 0 Å². The van der Waals surface area contributed by atoms with E-state index in [1.807, 2.05) is 30.5 Å². The first kappa shape index (κ1) is 17.1. The molecular formula is C18H23N3O2S. The smallest absolute Gasteiger partial charge is 0.225 e. The summed E-state index contributed by atoms with van der Waals surface area (Å²) < 4.78 is 0. The highest BCUT2D eigenvalue weighted by molar-refractivity contribution is 7.14. The number of carbonyl (C=O) groups excluding carboxylic acids is 1. The summed E-state index contributed by atoms with van der Waals surface area (Å²) in [5.41, 5.74) is 2.36. The third kappa shape index (κ3) is 3.36. The van der Waals surface area contributed by atoms with Gasteiger partial charge < -0.3 is 10.4 Å². The number of carbonyl (C=O) groups is 1. The van der Waals surface area contributed by atoms with Gasteiger partial charge in [-0.15, -0.1) is 11.3 Å². The topological polar surface area (TPSA) is 65.5 Å². The van der Waals surface area contributed by atoms with Gasteiger partial charge in [0.05, 0.1) is 5.69 Å². The van der Waals surface area contributed by atoms with Crippen LogP contribution in [0.25, 0.3) is 0 Å².